The van der Waals surface area contributed by atoms with E-state index in [1.807, 2.05) is 0 Å². The van der Waals surface area contributed by atoms with E-state index < -0.39 is 12.2 Å². The molecule has 0 radical (unpaired) electrons. The van der Waals surface area contributed by atoms with E-state index in [2.05, 4.69) is 15.5 Å². The van der Waals surface area contributed by atoms with Gasteiger partial charge in [-0.1, -0.05) is 0 Å². The van der Waals surface area contributed by atoms with Crippen molar-refractivity contribution in [1.82, 2.24) is 15.5 Å². The van der Waals surface area contributed by atoms with Crippen molar-refractivity contribution in [2.75, 3.05) is 19.3 Å². The highest BCUT2D eigenvalue weighted by Gasteiger charge is 2.20. The summed E-state index contributed by atoms with van der Waals surface area (Å²) in [6.45, 7) is 0.297. The molecule has 0 fully saturated rings. The van der Waals surface area contributed by atoms with E-state index in [9.17, 15) is 10.2 Å². The first-order valence-electron chi connectivity index (χ1n) is 3.96. The van der Waals surface area contributed by atoms with E-state index >= 15 is 0 Å². The molecule has 1 heterocycles. The Morgan fingerprint density at radius 3 is 2.85 bits per heavy atom. The number of likely N-dealkylation sites (N-methyl/N-ethyl adjacent to an activating group) is 1. The maximum absolute atomic E-state index is 9.56. The lowest BCUT2D eigenvalue weighted by atomic mass is 10.1. The first-order valence-corrected chi connectivity index (χ1v) is 3.96. The molecule has 1 aromatic heterocycles. The number of nitrogens with zero attached hydrogens (tertiary/aromatic N) is 1. The molecule has 6 nitrogen and oxygen atoms in total. The Hall–Kier alpha value is -1.11. The second kappa shape index (κ2) is 4.22. The molecule has 0 spiro atoms. The molecule has 0 aliphatic heterocycles. The molecule has 1 rings (SSSR count). The monoisotopic (exact) mass is 186 g/mol. The van der Waals surface area contributed by atoms with Gasteiger partial charge < -0.3 is 21.3 Å². The Morgan fingerprint density at radius 1 is 1.69 bits per heavy atom. The molecule has 6 N–H and O–H groups in total. The van der Waals surface area contributed by atoms with Crippen LogP contribution >= 0.6 is 0 Å². The number of aliphatic hydroxyl groups is 2. The van der Waals surface area contributed by atoms with Gasteiger partial charge in [0.25, 0.3) is 0 Å². The van der Waals surface area contributed by atoms with E-state index in [4.69, 9.17) is 5.73 Å². The highest BCUT2D eigenvalue weighted by Crippen LogP contribution is 2.20. The lowest BCUT2D eigenvalue weighted by molar-refractivity contribution is 0.0207. The number of H-pyrrole nitrogens is 1. The van der Waals surface area contributed by atoms with E-state index in [1.54, 1.807) is 7.05 Å². The summed E-state index contributed by atoms with van der Waals surface area (Å²) in [5.74, 6) is 0.280. The van der Waals surface area contributed by atoms with E-state index in [1.165, 1.54) is 6.20 Å². The molecule has 0 aliphatic rings. The predicted molar refractivity (Wildman–Crippen MR) is 47.9 cm³/mol. The number of aromatic nitrogens is 2. The smallest absolute Gasteiger partial charge is 0.124 e. The van der Waals surface area contributed by atoms with Crippen molar-refractivity contribution in [2.24, 2.45) is 0 Å². The van der Waals surface area contributed by atoms with Gasteiger partial charge >= 0.3 is 0 Å². The second-order valence-corrected chi connectivity index (χ2v) is 2.81. The third-order valence-electron chi connectivity index (χ3n) is 1.80. The van der Waals surface area contributed by atoms with Crippen molar-refractivity contribution in [3.8, 4) is 0 Å². The van der Waals surface area contributed by atoms with Gasteiger partial charge in [0, 0.05) is 12.1 Å². The number of nitrogens with one attached hydrogen (secondary N) is 2. The van der Waals surface area contributed by atoms with Crippen molar-refractivity contribution < 1.29 is 10.2 Å². The van der Waals surface area contributed by atoms with Crippen molar-refractivity contribution in [1.29, 1.82) is 0 Å². The zero-order valence-electron chi connectivity index (χ0n) is 7.36. The highest BCUT2D eigenvalue weighted by molar-refractivity contribution is 5.38. The molecule has 0 saturated carbocycles. The van der Waals surface area contributed by atoms with Gasteiger partial charge in [0.05, 0.1) is 12.3 Å². The van der Waals surface area contributed by atoms with Crippen LogP contribution in [-0.2, 0) is 0 Å². The van der Waals surface area contributed by atoms with Crippen LogP contribution < -0.4 is 11.1 Å². The van der Waals surface area contributed by atoms with Crippen LogP contribution in [0.1, 0.15) is 11.7 Å². The molecule has 1 aromatic rings. The fourth-order valence-electron chi connectivity index (χ4n) is 1.07. The summed E-state index contributed by atoms with van der Waals surface area (Å²) in [4.78, 5) is 0. The molecule has 2 atom stereocenters. The lowest BCUT2D eigenvalue weighted by Gasteiger charge is -2.16. The summed E-state index contributed by atoms with van der Waals surface area (Å²) in [6.07, 6.45) is -0.491. The molecular formula is C7H14N4O2. The number of aromatic amines is 1. The molecule has 13 heavy (non-hydrogen) atoms. The summed E-state index contributed by atoms with van der Waals surface area (Å²) in [7, 11) is 1.69. The number of anilines is 1. The molecule has 0 aliphatic carbocycles. The van der Waals surface area contributed by atoms with Crippen molar-refractivity contribution in [2.45, 2.75) is 12.2 Å². The van der Waals surface area contributed by atoms with Crippen LogP contribution in [0.25, 0.3) is 0 Å². The van der Waals surface area contributed by atoms with Gasteiger partial charge in [0.2, 0.25) is 0 Å². The molecule has 6 heteroatoms. The maximum atomic E-state index is 9.56. The first-order chi connectivity index (χ1) is 6.16. The topological polar surface area (TPSA) is 107 Å². The number of rotatable bonds is 4. The fraction of sp³-hybridized carbons (Fsp3) is 0.571. The van der Waals surface area contributed by atoms with Crippen molar-refractivity contribution >= 4 is 5.82 Å². The van der Waals surface area contributed by atoms with E-state index in [0.717, 1.165) is 0 Å². The minimum Gasteiger partial charge on any atom is -0.389 e. The van der Waals surface area contributed by atoms with Gasteiger partial charge in [0.1, 0.15) is 11.9 Å². The number of hydrogen-bond acceptors (Lipinski definition) is 5. The Labute approximate surface area is 75.8 Å². The lowest BCUT2D eigenvalue weighted by Crippen LogP contribution is -2.29. The Bertz CT molecular complexity index is 263. The minimum absolute atomic E-state index is 0.280. The molecule has 0 aromatic carbocycles. The zero-order chi connectivity index (χ0) is 9.84. The molecule has 0 saturated heterocycles. The van der Waals surface area contributed by atoms with Gasteiger partial charge in [0.15, 0.2) is 0 Å². The Morgan fingerprint density at radius 2 is 2.38 bits per heavy atom. The quantitative estimate of drug-likeness (QED) is 0.398. The molecule has 0 bridgehead atoms. The van der Waals surface area contributed by atoms with Crippen molar-refractivity contribution in [3.05, 3.63) is 11.8 Å². The van der Waals surface area contributed by atoms with Gasteiger partial charge in [-0.2, -0.15) is 5.10 Å². The largest absolute Gasteiger partial charge is 0.389 e. The highest BCUT2D eigenvalue weighted by atomic mass is 16.3. The summed E-state index contributed by atoms with van der Waals surface area (Å²) in [5.41, 5.74) is 5.89. The average molecular weight is 186 g/mol. The van der Waals surface area contributed by atoms with Gasteiger partial charge in [-0.25, -0.2) is 0 Å². The number of hydrogen-bond donors (Lipinski definition) is 5. The Balaban J connectivity index is 2.67. The average Bonchev–Trinajstić information content (AvgIpc) is 2.50. The van der Waals surface area contributed by atoms with E-state index in [0.29, 0.717) is 12.1 Å². The van der Waals surface area contributed by atoms with Gasteiger partial charge in [-0.3, -0.25) is 5.10 Å². The van der Waals surface area contributed by atoms with Crippen LogP contribution in [0.15, 0.2) is 6.20 Å². The standard InChI is InChI=1S/C7H14N4O2/c1-9-3-5(12)6(13)4-2-10-11-7(4)8/h2,5-6,9,12-13H,3H2,1H3,(H3,8,10,11). The van der Waals surface area contributed by atoms with Gasteiger partial charge in [-0.15, -0.1) is 0 Å². The molecule has 2 unspecified atom stereocenters. The third kappa shape index (κ3) is 2.18. The SMILES string of the molecule is CNCC(O)C(O)c1cn[nH]c1N. The summed E-state index contributed by atoms with van der Waals surface area (Å²) < 4.78 is 0. The van der Waals surface area contributed by atoms with Gasteiger partial charge in [-0.05, 0) is 7.05 Å². The molecular weight excluding hydrogens is 172 g/mol. The Kier molecular flexibility index (Phi) is 3.24. The fourth-order valence-corrected chi connectivity index (χ4v) is 1.07. The summed E-state index contributed by atoms with van der Waals surface area (Å²) in [6, 6.07) is 0. The molecule has 74 valence electrons. The minimum atomic E-state index is -1.01. The maximum Gasteiger partial charge on any atom is 0.124 e. The van der Waals surface area contributed by atoms with Crippen molar-refractivity contribution in [3.63, 3.8) is 0 Å². The van der Waals surface area contributed by atoms with Crippen LogP contribution in [0, 0.1) is 0 Å². The predicted octanol–water partition coefficient (Wildman–Crippen LogP) is -1.39. The van der Waals surface area contributed by atoms with Crippen LogP contribution in [-0.4, -0.2) is 40.1 Å². The second-order valence-electron chi connectivity index (χ2n) is 2.81. The molecule has 0 amide bonds. The summed E-state index contributed by atoms with van der Waals surface area (Å²) >= 11 is 0. The number of nitrogen functional groups attached to an aromatic ring is 1. The summed E-state index contributed by atoms with van der Waals surface area (Å²) in [5, 5.41) is 27.8. The van der Waals surface area contributed by atoms with Crippen LogP contribution in [0.2, 0.25) is 0 Å². The van der Waals surface area contributed by atoms with Crippen LogP contribution in [0.4, 0.5) is 5.82 Å². The van der Waals surface area contributed by atoms with Crippen LogP contribution in [0.3, 0.4) is 0 Å². The number of nitrogens with two attached hydrogens (primary N) is 1. The zero-order valence-corrected chi connectivity index (χ0v) is 7.36. The van der Waals surface area contributed by atoms with Crippen LogP contribution in [0.5, 0.6) is 0 Å². The number of aliphatic hydroxyl groups excluding tert-OH is 2. The van der Waals surface area contributed by atoms with E-state index in [-0.39, 0.29) is 5.82 Å². The third-order valence-corrected chi connectivity index (χ3v) is 1.80. The first kappa shape index (κ1) is 9.97. The normalized spacial score (nSPS) is 15.6.